The number of guanidine groups is 1. The number of carboxylic acids is 1. The predicted molar refractivity (Wildman–Crippen MR) is 141 cm³/mol. The van der Waals surface area contributed by atoms with Crippen LogP contribution in [0.15, 0.2) is 4.99 Å². The van der Waals surface area contributed by atoms with E-state index in [1.165, 1.54) is 23.5 Å². The second-order valence-electron chi connectivity index (χ2n) is 7.81. The zero-order valence-corrected chi connectivity index (χ0v) is 22.2. The quantitative estimate of drug-likeness (QED) is 0.0465. The van der Waals surface area contributed by atoms with Gasteiger partial charge in [-0.3, -0.25) is 24.2 Å². The lowest BCUT2D eigenvalue weighted by Crippen LogP contribution is -2.57. The highest BCUT2D eigenvalue weighted by Crippen LogP contribution is 2.06. The minimum absolute atomic E-state index is 0.0972. The monoisotopic (exact) mass is 550 g/mol. The van der Waals surface area contributed by atoms with Crippen molar-refractivity contribution >= 4 is 59.1 Å². The molecule has 0 bridgehead atoms. The molecular weight excluding hydrogens is 512 g/mol. The number of aliphatic imine (C=N–C) groups is 1. The standard InChI is InChI=1S/C20H38N8O6S2/c1-35-8-5-11(21)16(30)26-12(4-3-7-25-20(23)24)17(31)28-14(10-15(22)29)18(32)27-13(19(33)34)6-9-36-2/h11-14H,3-10,21H2,1-2H3,(H2,22,29)(H,26,30)(H,27,32)(H,28,31)(H,33,34)(H4,23,24,25). The fourth-order valence-corrected chi connectivity index (χ4v) is 3.84. The van der Waals surface area contributed by atoms with E-state index in [2.05, 4.69) is 20.9 Å². The average molecular weight is 551 g/mol. The van der Waals surface area contributed by atoms with Crippen LogP contribution in [0, 0.1) is 0 Å². The molecule has 16 heteroatoms. The fourth-order valence-electron chi connectivity index (χ4n) is 2.88. The van der Waals surface area contributed by atoms with E-state index in [-0.39, 0.29) is 25.3 Å². The molecule has 0 aliphatic rings. The molecule has 0 saturated carbocycles. The summed E-state index contributed by atoms with van der Waals surface area (Å²) in [6, 6.07) is -4.65. The lowest BCUT2D eigenvalue weighted by molar-refractivity contribution is -0.142. The molecule has 0 radical (unpaired) electrons. The van der Waals surface area contributed by atoms with Crippen molar-refractivity contribution in [2.45, 2.75) is 56.3 Å². The van der Waals surface area contributed by atoms with Crippen molar-refractivity contribution in [2.75, 3.05) is 30.6 Å². The third-order valence-electron chi connectivity index (χ3n) is 4.81. The van der Waals surface area contributed by atoms with Crippen LogP contribution < -0.4 is 38.9 Å². The molecule has 0 saturated heterocycles. The summed E-state index contributed by atoms with van der Waals surface area (Å²) in [6.07, 6.45) is 3.99. The summed E-state index contributed by atoms with van der Waals surface area (Å²) in [4.78, 5) is 65.1. The third kappa shape index (κ3) is 14.6. The summed E-state index contributed by atoms with van der Waals surface area (Å²) in [5.41, 5.74) is 21.7. The predicted octanol–water partition coefficient (Wildman–Crippen LogP) is -2.71. The van der Waals surface area contributed by atoms with E-state index in [0.29, 0.717) is 24.3 Å². The van der Waals surface area contributed by atoms with Gasteiger partial charge in [0.1, 0.15) is 18.1 Å². The zero-order valence-electron chi connectivity index (χ0n) is 20.5. The van der Waals surface area contributed by atoms with Crippen molar-refractivity contribution in [3.05, 3.63) is 0 Å². The Morgan fingerprint density at radius 3 is 1.86 bits per heavy atom. The molecule has 0 aromatic rings. The Morgan fingerprint density at radius 2 is 1.33 bits per heavy atom. The Labute approximate surface area is 218 Å². The minimum Gasteiger partial charge on any atom is -0.480 e. The molecule has 0 aromatic carbocycles. The second-order valence-corrected chi connectivity index (χ2v) is 9.78. The molecule has 206 valence electrons. The van der Waals surface area contributed by atoms with Gasteiger partial charge in [-0.15, -0.1) is 0 Å². The highest BCUT2D eigenvalue weighted by molar-refractivity contribution is 7.98. The van der Waals surface area contributed by atoms with Crippen molar-refractivity contribution in [1.29, 1.82) is 0 Å². The van der Waals surface area contributed by atoms with Gasteiger partial charge in [-0.2, -0.15) is 23.5 Å². The summed E-state index contributed by atoms with van der Waals surface area (Å²) in [5.74, 6) is -3.41. The molecular formula is C20H38N8O6S2. The summed E-state index contributed by atoms with van der Waals surface area (Å²) >= 11 is 2.91. The number of hydrogen-bond acceptors (Lipinski definition) is 9. The van der Waals surface area contributed by atoms with Crippen molar-refractivity contribution < 1.29 is 29.1 Å². The molecule has 0 aliphatic carbocycles. The van der Waals surface area contributed by atoms with Gasteiger partial charge in [0.05, 0.1) is 12.5 Å². The summed E-state index contributed by atoms with van der Waals surface area (Å²) in [7, 11) is 0. The van der Waals surface area contributed by atoms with Gasteiger partial charge in [0.2, 0.25) is 23.6 Å². The molecule has 0 rings (SSSR count). The van der Waals surface area contributed by atoms with E-state index >= 15 is 0 Å². The normalized spacial score (nSPS) is 14.0. The van der Waals surface area contributed by atoms with Gasteiger partial charge >= 0.3 is 5.97 Å². The molecule has 14 nitrogen and oxygen atoms in total. The lowest BCUT2D eigenvalue weighted by Gasteiger charge is -2.24. The number of carboxylic acid groups (broad SMARTS) is 1. The summed E-state index contributed by atoms with van der Waals surface area (Å²) in [6.45, 7) is 0.182. The first-order valence-corrected chi connectivity index (χ1v) is 13.9. The van der Waals surface area contributed by atoms with Crippen LogP contribution in [0.5, 0.6) is 0 Å². The van der Waals surface area contributed by atoms with Crippen LogP contribution in [0.4, 0.5) is 0 Å². The first kappa shape index (κ1) is 33.3. The smallest absolute Gasteiger partial charge is 0.326 e. The Bertz CT molecular complexity index is 781. The summed E-state index contributed by atoms with van der Waals surface area (Å²) in [5, 5.41) is 16.6. The maximum atomic E-state index is 13.0. The van der Waals surface area contributed by atoms with E-state index in [4.69, 9.17) is 22.9 Å². The SMILES string of the molecule is CSCCC(N)C(=O)NC(CCCN=C(N)N)C(=O)NC(CC(N)=O)C(=O)NC(CCSC)C(=O)O. The average Bonchev–Trinajstić information content (AvgIpc) is 2.80. The molecule has 4 unspecified atom stereocenters. The Hall–Kier alpha value is -2.72. The van der Waals surface area contributed by atoms with E-state index in [1.807, 2.05) is 6.26 Å². The van der Waals surface area contributed by atoms with Crippen LogP contribution in [0.2, 0.25) is 0 Å². The second kappa shape index (κ2) is 18.5. The van der Waals surface area contributed by atoms with Crippen LogP contribution in [-0.2, 0) is 24.0 Å². The number of carbonyl (C=O) groups is 5. The fraction of sp³-hybridized carbons (Fsp3) is 0.700. The Kier molecular flexibility index (Phi) is 17.1. The number of nitrogens with zero attached hydrogens (tertiary/aromatic N) is 1. The van der Waals surface area contributed by atoms with Gasteiger partial charge < -0.3 is 44.0 Å². The zero-order chi connectivity index (χ0) is 27.7. The number of primary amides is 1. The number of amides is 4. The van der Waals surface area contributed by atoms with Crippen LogP contribution >= 0.6 is 23.5 Å². The third-order valence-corrected chi connectivity index (χ3v) is 6.10. The molecule has 36 heavy (non-hydrogen) atoms. The van der Waals surface area contributed by atoms with Crippen LogP contribution in [0.1, 0.15) is 32.1 Å². The van der Waals surface area contributed by atoms with Gasteiger partial charge in [-0.1, -0.05) is 0 Å². The van der Waals surface area contributed by atoms with E-state index in [1.54, 1.807) is 6.26 Å². The lowest BCUT2D eigenvalue weighted by atomic mass is 10.1. The van der Waals surface area contributed by atoms with Crippen LogP contribution in [0.3, 0.4) is 0 Å². The van der Waals surface area contributed by atoms with E-state index in [9.17, 15) is 29.1 Å². The molecule has 0 spiro atoms. The van der Waals surface area contributed by atoms with Crippen LogP contribution in [0.25, 0.3) is 0 Å². The highest BCUT2D eigenvalue weighted by atomic mass is 32.2. The molecule has 0 fully saturated rings. The molecule has 0 heterocycles. The number of nitrogens with one attached hydrogen (secondary N) is 3. The van der Waals surface area contributed by atoms with E-state index in [0.717, 1.165) is 0 Å². The number of hydrogen-bond donors (Lipinski definition) is 8. The molecule has 4 atom stereocenters. The van der Waals surface area contributed by atoms with Crippen molar-refractivity contribution in [1.82, 2.24) is 16.0 Å². The molecule has 12 N–H and O–H groups in total. The summed E-state index contributed by atoms with van der Waals surface area (Å²) < 4.78 is 0. The molecule has 4 amide bonds. The maximum absolute atomic E-state index is 13.0. The first-order valence-electron chi connectivity index (χ1n) is 11.1. The number of aliphatic carboxylic acids is 1. The van der Waals surface area contributed by atoms with Crippen LogP contribution in [-0.4, -0.2) is 95.4 Å². The van der Waals surface area contributed by atoms with Gasteiger partial charge in [-0.25, -0.2) is 4.79 Å². The topological polar surface area (TPSA) is 258 Å². The number of rotatable bonds is 19. The number of carbonyl (C=O) groups excluding carboxylic acids is 4. The van der Waals surface area contributed by atoms with Gasteiger partial charge in [0.25, 0.3) is 0 Å². The molecule has 0 aliphatic heterocycles. The van der Waals surface area contributed by atoms with Gasteiger partial charge in [0, 0.05) is 6.54 Å². The maximum Gasteiger partial charge on any atom is 0.326 e. The first-order chi connectivity index (χ1) is 16.9. The molecule has 0 aromatic heterocycles. The van der Waals surface area contributed by atoms with Crippen molar-refractivity contribution in [2.24, 2.45) is 27.9 Å². The van der Waals surface area contributed by atoms with Crippen molar-refractivity contribution in [3.63, 3.8) is 0 Å². The largest absolute Gasteiger partial charge is 0.480 e. The van der Waals surface area contributed by atoms with E-state index < -0.39 is 60.2 Å². The number of thioether (sulfide) groups is 2. The van der Waals surface area contributed by atoms with Crippen molar-refractivity contribution in [3.8, 4) is 0 Å². The van der Waals surface area contributed by atoms with Gasteiger partial charge in [-0.05, 0) is 49.7 Å². The van der Waals surface area contributed by atoms with Gasteiger partial charge in [0.15, 0.2) is 5.96 Å². The number of nitrogens with two attached hydrogens (primary N) is 4. The minimum atomic E-state index is -1.45. The Morgan fingerprint density at radius 1 is 0.806 bits per heavy atom. The highest BCUT2D eigenvalue weighted by Gasteiger charge is 2.31. The Balaban J connectivity index is 5.56.